The van der Waals surface area contributed by atoms with Crippen molar-refractivity contribution in [2.45, 2.75) is 11.8 Å². The van der Waals surface area contributed by atoms with Crippen LogP contribution in [0.5, 0.6) is 0 Å². The second-order valence-electron chi connectivity index (χ2n) is 6.11. The number of fused-ring (bicyclic) bond motifs is 1. The predicted molar refractivity (Wildman–Crippen MR) is 110 cm³/mol. The standard InChI is InChI=1S/C20H15N3O3S2/c1-13(24)15-4-2-5-17(12-15)28(25,26)23-16-9-7-14(8-10-16)19-22-18-6-3-11-21-20(18)27-19/h2-12,23H,1H3. The van der Waals surface area contributed by atoms with Crippen molar-refractivity contribution in [3.63, 3.8) is 0 Å². The van der Waals surface area contributed by atoms with Crippen LogP contribution in [0.2, 0.25) is 0 Å². The molecule has 1 N–H and O–H groups in total. The van der Waals surface area contributed by atoms with E-state index in [4.69, 9.17) is 0 Å². The molecule has 2 aromatic heterocycles. The lowest BCUT2D eigenvalue weighted by Crippen LogP contribution is -2.13. The van der Waals surface area contributed by atoms with E-state index in [9.17, 15) is 13.2 Å². The highest BCUT2D eigenvalue weighted by Crippen LogP contribution is 2.29. The molecule has 4 aromatic rings. The lowest BCUT2D eigenvalue weighted by molar-refractivity contribution is 0.101. The van der Waals surface area contributed by atoms with Gasteiger partial charge in [0.1, 0.15) is 15.4 Å². The van der Waals surface area contributed by atoms with Crippen LogP contribution < -0.4 is 4.72 Å². The minimum absolute atomic E-state index is 0.0431. The second-order valence-corrected chi connectivity index (χ2v) is 8.77. The number of anilines is 1. The van der Waals surface area contributed by atoms with Crippen molar-refractivity contribution in [2.75, 3.05) is 4.72 Å². The SMILES string of the molecule is CC(=O)c1cccc(S(=O)(=O)Nc2ccc(-c3nc4cccnc4s3)cc2)c1. The lowest BCUT2D eigenvalue weighted by Gasteiger charge is -2.09. The summed E-state index contributed by atoms with van der Waals surface area (Å²) in [5, 5.41) is 0.817. The molecule has 0 saturated heterocycles. The molecule has 8 heteroatoms. The number of sulfonamides is 1. The number of carbonyl (C=O) groups excluding carboxylic acids is 1. The number of ketones is 1. The Balaban J connectivity index is 1.58. The largest absolute Gasteiger partial charge is 0.295 e. The Morgan fingerprint density at radius 1 is 1.04 bits per heavy atom. The molecule has 0 spiro atoms. The van der Waals surface area contributed by atoms with Gasteiger partial charge in [-0.2, -0.15) is 0 Å². The van der Waals surface area contributed by atoms with E-state index in [1.165, 1.54) is 30.4 Å². The first kappa shape index (κ1) is 18.3. The first-order chi connectivity index (χ1) is 13.4. The van der Waals surface area contributed by atoms with Crippen molar-refractivity contribution in [3.8, 4) is 10.6 Å². The molecule has 0 aliphatic rings. The molecule has 0 aliphatic carbocycles. The number of nitrogens with one attached hydrogen (secondary N) is 1. The molecular weight excluding hydrogens is 394 g/mol. The fourth-order valence-electron chi connectivity index (χ4n) is 2.67. The summed E-state index contributed by atoms with van der Waals surface area (Å²) in [5.41, 5.74) is 2.49. The van der Waals surface area contributed by atoms with Crippen molar-refractivity contribution in [1.82, 2.24) is 9.97 Å². The number of thiazole rings is 1. The van der Waals surface area contributed by atoms with Gasteiger partial charge in [0, 0.05) is 23.0 Å². The molecule has 6 nitrogen and oxygen atoms in total. The fourth-order valence-corrected chi connectivity index (χ4v) is 4.69. The summed E-state index contributed by atoms with van der Waals surface area (Å²) < 4.78 is 27.8. The van der Waals surface area contributed by atoms with Crippen LogP contribution in [-0.2, 0) is 10.0 Å². The van der Waals surface area contributed by atoms with Crippen molar-refractivity contribution in [2.24, 2.45) is 0 Å². The fraction of sp³-hybridized carbons (Fsp3) is 0.0500. The zero-order chi connectivity index (χ0) is 19.7. The molecule has 0 unspecified atom stereocenters. The highest BCUT2D eigenvalue weighted by atomic mass is 32.2. The Kier molecular flexibility index (Phi) is 4.66. The molecule has 4 rings (SSSR count). The molecule has 2 aromatic carbocycles. The van der Waals surface area contributed by atoms with E-state index < -0.39 is 10.0 Å². The first-order valence-corrected chi connectivity index (χ1v) is 10.7. The van der Waals surface area contributed by atoms with Crippen LogP contribution in [0, 0.1) is 0 Å². The Labute approximate surface area is 166 Å². The van der Waals surface area contributed by atoms with Gasteiger partial charge in [-0.3, -0.25) is 9.52 Å². The number of nitrogens with zero attached hydrogens (tertiary/aromatic N) is 2. The third-order valence-electron chi connectivity index (χ3n) is 4.10. The average molecular weight is 409 g/mol. The maximum atomic E-state index is 12.6. The molecule has 0 amide bonds. The quantitative estimate of drug-likeness (QED) is 0.495. The summed E-state index contributed by atoms with van der Waals surface area (Å²) in [4.78, 5) is 21.2. The topological polar surface area (TPSA) is 89.0 Å². The van der Waals surface area contributed by atoms with Gasteiger partial charge in [-0.1, -0.05) is 23.5 Å². The summed E-state index contributed by atoms with van der Waals surface area (Å²) >= 11 is 1.48. The Hall–Kier alpha value is -3.10. The molecule has 0 radical (unpaired) electrons. The number of aromatic nitrogens is 2. The van der Waals surface area contributed by atoms with Gasteiger partial charge in [-0.05, 0) is 55.5 Å². The van der Waals surface area contributed by atoms with E-state index in [1.807, 2.05) is 24.3 Å². The van der Waals surface area contributed by atoms with E-state index in [1.54, 1.807) is 30.5 Å². The highest BCUT2D eigenvalue weighted by molar-refractivity contribution is 7.92. The molecule has 28 heavy (non-hydrogen) atoms. The Bertz CT molecular complexity index is 1250. The van der Waals surface area contributed by atoms with E-state index >= 15 is 0 Å². The summed E-state index contributed by atoms with van der Waals surface area (Å²) in [5.74, 6) is -0.188. The molecule has 0 bridgehead atoms. The smallest absolute Gasteiger partial charge is 0.261 e. The molecule has 140 valence electrons. The summed E-state index contributed by atoms with van der Waals surface area (Å²) in [6.45, 7) is 1.40. The van der Waals surface area contributed by atoms with Gasteiger partial charge in [0.25, 0.3) is 10.0 Å². The van der Waals surface area contributed by atoms with Crippen LogP contribution in [0.4, 0.5) is 5.69 Å². The maximum absolute atomic E-state index is 12.6. The van der Waals surface area contributed by atoms with Gasteiger partial charge in [0.05, 0.1) is 4.90 Å². The number of hydrogen-bond acceptors (Lipinski definition) is 6. The Morgan fingerprint density at radius 3 is 2.54 bits per heavy atom. The molecule has 0 saturated carbocycles. The summed E-state index contributed by atoms with van der Waals surface area (Å²) in [7, 11) is -3.79. The predicted octanol–water partition coefficient (Wildman–Crippen LogP) is 4.36. The van der Waals surface area contributed by atoms with E-state index in [0.29, 0.717) is 11.3 Å². The van der Waals surface area contributed by atoms with Crippen molar-refractivity contribution in [1.29, 1.82) is 0 Å². The third-order valence-corrected chi connectivity index (χ3v) is 6.51. The molecule has 0 atom stereocenters. The van der Waals surface area contributed by atoms with E-state index in [-0.39, 0.29) is 10.7 Å². The van der Waals surface area contributed by atoms with Crippen LogP contribution in [-0.4, -0.2) is 24.2 Å². The number of carbonyl (C=O) groups is 1. The van der Waals surface area contributed by atoms with Crippen LogP contribution in [0.3, 0.4) is 0 Å². The van der Waals surface area contributed by atoms with Gasteiger partial charge in [-0.15, -0.1) is 0 Å². The number of benzene rings is 2. The number of rotatable bonds is 5. The van der Waals surface area contributed by atoms with Crippen molar-refractivity contribution in [3.05, 3.63) is 72.4 Å². The monoisotopic (exact) mass is 409 g/mol. The van der Waals surface area contributed by atoms with Gasteiger partial charge in [0.2, 0.25) is 0 Å². The van der Waals surface area contributed by atoms with Gasteiger partial charge < -0.3 is 0 Å². The summed E-state index contributed by atoms with van der Waals surface area (Å²) in [6, 6.07) is 16.7. The van der Waals surface area contributed by atoms with Crippen molar-refractivity contribution < 1.29 is 13.2 Å². The van der Waals surface area contributed by atoms with Crippen molar-refractivity contribution >= 4 is 43.2 Å². The third kappa shape index (κ3) is 3.64. The minimum atomic E-state index is -3.79. The lowest BCUT2D eigenvalue weighted by atomic mass is 10.2. The minimum Gasteiger partial charge on any atom is -0.295 e. The zero-order valence-corrected chi connectivity index (χ0v) is 16.4. The normalized spacial score (nSPS) is 11.5. The van der Waals surface area contributed by atoms with E-state index in [0.717, 1.165) is 20.9 Å². The molecule has 2 heterocycles. The van der Waals surface area contributed by atoms with Crippen LogP contribution in [0.1, 0.15) is 17.3 Å². The molecular formula is C20H15N3O3S2. The molecule has 0 fully saturated rings. The van der Waals surface area contributed by atoms with Crippen LogP contribution in [0.15, 0.2) is 71.8 Å². The summed E-state index contributed by atoms with van der Waals surface area (Å²) in [6.07, 6.45) is 1.73. The van der Waals surface area contributed by atoms with Crippen LogP contribution >= 0.6 is 11.3 Å². The van der Waals surface area contributed by atoms with Crippen LogP contribution in [0.25, 0.3) is 20.9 Å². The molecule has 0 aliphatic heterocycles. The number of hydrogen-bond donors (Lipinski definition) is 1. The van der Waals surface area contributed by atoms with Gasteiger partial charge in [0.15, 0.2) is 5.78 Å². The maximum Gasteiger partial charge on any atom is 0.261 e. The van der Waals surface area contributed by atoms with E-state index in [2.05, 4.69) is 14.7 Å². The highest BCUT2D eigenvalue weighted by Gasteiger charge is 2.16. The number of pyridine rings is 1. The zero-order valence-electron chi connectivity index (χ0n) is 14.8. The number of Topliss-reactive ketones (excluding diaryl/α,β-unsaturated/α-hetero) is 1. The second kappa shape index (κ2) is 7.14. The van der Waals surface area contributed by atoms with Gasteiger partial charge in [-0.25, -0.2) is 18.4 Å². The van der Waals surface area contributed by atoms with Gasteiger partial charge >= 0.3 is 0 Å². The average Bonchev–Trinajstić information content (AvgIpc) is 3.12. The Morgan fingerprint density at radius 2 is 1.82 bits per heavy atom. The first-order valence-electron chi connectivity index (χ1n) is 8.38.